The molecule has 0 saturated heterocycles. The molecule has 0 aliphatic heterocycles. The van der Waals surface area contributed by atoms with Crippen molar-refractivity contribution in [2.24, 2.45) is 0 Å². The minimum Gasteiger partial charge on any atom is -0.208 e. The third kappa shape index (κ3) is 4.86. The number of benzene rings is 6. The zero-order chi connectivity index (χ0) is 31.9. The van der Waals surface area contributed by atoms with Crippen LogP contribution in [0, 0.1) is 0 Å². The van der Waals surface area contributed by atoms with Gasteiger partial charge >= 0.3 is 0 Å². The van der Waals surface area contributed by atoms with Gasteiger partial charge in [0.05, 0.1) is 0 Å². The first-order chi connectivity index (χ1) is 23.8. The summed E-state index contributed by atoms with van der Waals surface area (Å²) in [5.74, 6) is 2.00. The smallest absolute Gasteiger partial charge is 0.164 e. The van der Waals surface area contributed by atoms with Crippen LogP contribution in [0.5, 0.6) is 0 Å². The van der Waals surface area contributed by atoms with Crippen LogP contribution in [-0.2, 0) is 5.41 Å². The lowest BCUT2D eigenvalue weighted by atomic mass is 9.68. The Kier molecular flexibility index (Phi) is 7.04. The van der Waals surface area contributed by atoms with Crippen molar-refractivity contribution in [3.8, 4) is 67.5 Å². The normalized spacial score (nSPS) is 14.4. The summed E-state index contributed by atoms with van der Waals surface area (Å²) in [5, 5.41) is 0. The molecular weight excluding hydrogens is 583 g/mol. The molecule has 3 heteroatoms. The molecule has 1 fully saturated rings. The first-order valence-corrected chi connectivity index (χ1v) is 17.1. The summed E-state index contributed by atoms with van der Waals surface area (Å²) in [6.45, 7) is 0. The molecule has 0 bridgehead atoms. The minimum atomic E-state index is 0.156. The van der Waals surface area contributed by atoms with Crippen LogP contribution in [0.2, 0.25) is 0 Å². The highest BCUT2D eigenvalue weighted by Gasteiger charge is 2.44. The molecular formula is C45H35N3. The number of fused-ring (bicyclic) bond motifs is 5. The second-order valence-corrected chi connectivity index (χ2v) is 13.1. The Labute approximate surface area is 282 Å². The maximum Gasteiger partial charge on any atom is 0.164 e. The Morgan fingerprint density at radius 2 is 0.833 bits per heavy atom. The van der Waals surface area contributed by atoms with Crippen molar-refractivity contribution < 1.29 is 0 Å². The molecule has 0 N–H and O–H groups in total. The molecule has 2 aliphatic carbocycles. The maximum absolute atomic E-state index is 4.92. The maximum atomic E-state index is 4.92. The van der Waals surface area contributed by atoms with Gasteiger partial charge in [0.25, 0.3) is 0 Å². The van der Waals surface area contributed by atoms with E-state index in [0.29, 0.717) is 17.5 Å². The molecule has 1 heterocycles. The minimum absolute atomic E-state index is 0.156. The topological polar surface area (TPSA) is 38.7 Å². The summed E-state index contributed by atoms with van der Waals surface area (Å²) in [7, 11) is 0. The van der Waals surface area contributed by atoms with Gasteiger partial charge in [-0.15, -0.1) is 0 Å². The highest BCUT2D eigenvalue weighted by atomic mass is 15.0. The van der Waals surface area contributed by atoms with Gasteiger partial charge in [-0.05, 0) is 63.4 Å². The third-order valence-electron chi connectivity index (χ3n) is 10.3. The molecule has 1 saturated carbocycles. The molecule has 0 amide bonds. The summed E-state index contributed by atoms with van der Waals surface area (Å²) in [6, 6.07) is 54.1. The Morgan fingerprint density at radius 1 is 0.354 bits per heavy atom. The lowest BCUT2D eigenvalue weighted by Gasteiger charge is -2.36. The van der Waals surface area contributed by atoms with Crippen LogP contribution in [0.25, 0.3) is 67.5 Å². The molecule has 1 spiro atoms. The second-order valence-electron chi connectivity index (χ2n) is 13.1. The molecule has 0 radical (unpaired) electrons. The van der Waals surface area contributed by atoms with Gasteiger partial charge < -0.3 is 0 Å². The summed E-state index contributed by atoms with van der Waals surface area (Å²) in [4.78, 5) is 14.7. The fourth-order valence-electron chi connectivity index (χ4n) is 8.06. The first-order valence-electron chi connectivity index (χ1n) is 17.1. The fraction of sp³-hybridized carbons (Fsp3) is 0.133. The molecule has 3 nitrogen and oxygen atoms in total. The van der Waals surface area contributed by atoms with E-state index in [9.17, 15) is 0 Å². The van der Waals surface area contributed by atoms with Crippen LogP contribution in [-0.4, -0.2) is 15.0 Å². The Bertz CT molecular complexity index is 2190. The number of hydrogen-bond acceptors (Lipinski definition) is 3. The van der Waals surface area contributed by atoms with Gasteiger partial charge in [-0.3, -0.25) is 0 Å². The van der Waals surface area contributed by atoms with Crippen molar-refractivity contribution >= 4 is 0 Å². The molecule has 6 aromatic carbocycles. The predicted molar refractivity (Wildman–Crippen MR) is 196 cm³/mol. The monoisotopic (exact) mass is 617 g/mol. The number of hydrogen-bond donors (Lipinski definition) is 0. The molecule has 48 heavy (non-hydrogen) atoms. The molecule has 0 unspecified atom stereocenters. The average Bonchev–Trinajstić information content (AvgIpc) is 3.44. The van der Waals surface area contributed by atoms with Crippen LogP contribution in [0.1, 0.15) is 43.2 Å². The van der Waals surface area contributed by atoms with Crippen molar-refractivity contribution in [2.75, 3.05) is 0 Å². The summed E-state index contributed by atoms with van der Waals surface area (Å²) < 4.78 is 0. The van der Waals surface area contributed by atoms with E-state index in [2.05, 4.69) is 91.0 Å². The van der Waals surface area contributed by atoms with Crippen LogP contribution in [0.3, 0.4) is 0 Å². The van der Waals surface area contributed by atoms with Crippen LogP contribution in [0.15, 0.2) is 152 Å². The van der Waals surface area contributed by atoms with Crippen LogP contribution in [0.4, 0.5) is 0 Å². The average molecular weight is 618 g/mol. The van der Waals surface area contributed by atoms with Gasteiger partial charge in [0.2, 0.25) is 0 Å². The third-order valence-corrected chi connectivity index (χ3v) is 10.3. The van der Waals surface area contributed by atoms with E-state index < -0.39 is 0 Å². The van der Waals surface area contributed by atoms with Crippen molar-refractivity contribution in [3.63, 3.8) is 0 Å². The van der Waals surface area contributed by atoms with Gasteiger partial charge in [0.1, 0.15) is 0 Å². The summed E-state index contributed by atoms with van der Waals surface area (Å²) >= 11 is 0. The van der Waals surface area contributed by atoms with Crippen LogP contribution < -0.4 is 0 Å². The Hall–Kier alpha value is -5.67. The quantitative estimate of drug-likeness (QED) is 0.193. The zero-order valence-corrected chi connectivity index (χ0v) is 26.8. The molecule has 9 rings (SSSR count). The van der Waals surface area contributed by atoms with Gasteiger partial charge in [-0.2, -0.15) is 0 Å². The van der Waals surface area contributed by atoms with E-state index in [4.69, 9.17) is 15.0 Å². The Balaban J connectivity index is 1.09. The number of nitrogens with zero attached hydrogens (tertiary/aromatic N) is 3. The second kappa shape index (κ2) is 11.8. The SMILES string of the molecule is c1ccc(-c2nc(-c3ccccc3)nc(-c3ccc(-c4cccc(-c5cccc6c5-c5ccccc5C65CCCCC5)c4)cc3)n2)cc1. The predicted octanol–water partition coefficient (Wildman–Crippen LogP) is 11.4. The summed E-state index contributed by atoms with van der Waals surface area (Å²) in [5.41, 5.74) is 13.9. The van der Waals surface area contributed by atoms with Gasteiger partial charge in [-0.25, -0.2) is 15.0 Å². The number of rotatable bonds is 5. The van der Waals surface area contributed by atoms with E-state index in [1.165, 1.54) is 71.0 Å². The van der Waals surface area contributed by atoms with E-state index >= 15 is 0 Å². The molecule has 7 aromatic rings. The van der Waals surface area contributed by atoms with Gasteiger partial charge in [0.15, 0.2) is 17.5 Å². The lowest BCUT2D eigenvalue weighted by Crippen LogP contribution is -2.27. The largest absolute Gasteiger partial charge is 0.208 e. The highest BCUT2D eigenvalue weighted by molar-refractivity contribution is 5.93. The standard InChI is InChI=1S/C45H35N3/c1-4-14-32(15-5-1)42-46-43(33-16-6-2-7-17-33)48-44(47-42)34-26-24-31(25-27-34)35-18-12-19-36(30-35)37-21-13-23-40-41(37)38-20-8-9-22-39(38)45(40)28-10-3-11-29-45/h1-2,4-9,12-27,30H,3,10-11,28-29H2. The highest BCUT2D eigenvalue weighted by Crippen LogP contribution is 2.57. The first kappa shape index (κ1) is 28.5. The molecule has 1 aromatic heterocycles. The van der Waals surface area contributed by atoms with Gasteiger partial charge in [-0.1, -0.05) is 165 Å². The fourth-order valence-corrected chi connectivity index (χ4v) is 8.06. The van der Waals surface area contributed by atoms with Crippen molar-refractivity contribution in [1.82, 2.24) is 15.0 Å². The van der Waals surface area contributed by atoms with Crippen molar-refractivity contribution in [1.29, 1.82) is 0 Å². The van der Waals surface area contributed by atoms with Crippen molar-refractivity contribution in [2.45, 2.75) is 37.5 Å². The van der Waals surface area contributed by atoms with E-state index in [0.717, 1.165) is 22.3 Å². The number of aromatic nitrogens is 3. The Morgan fingerprint density at radius 3 is 1.50 bits per heavy atom. The lowest BCUT2D eigenvalue weighted by molar-refractivity contribution is 0.353. The van der Waals surface area contributed by atoms with Crippen LogP contribution >= 0.6 is 0 Å². The van der Waals surface area contributed by atoms with E-state index in [1.807, 2.05) is 60.7 Å². The van der Waals surface area contributed by atoms with Gasteiger partial charge in [0, 0.05) is 22.1 Å². The summed E-state index contributed by atoms with van der Waals surface area (Å²) in [6.07, 6.45) is 6.43. The molecule has 230 valence electrons. The van der Waals surface area contributed by atoms with E-state index in [-0.39, 0.29) is 5.41 Å². The molecule has 2 aliphatic rings. The molecule has 0 atom stereocenters. The van der Waals surface area contributed by atoms with E-state index in [1.54, 1.807) is 0 Å². The van der Waals surface area contributed by atoms with Crippen molar-refractivity contribution in [3.05, 3.63) is 163 Å². The zero-order valence-electron chi connectivity index (χ0n) is 26.8.